The van der Waals surface area contributed by atoms with E-state index in [0.29, 0.717) is 17.1 Å². The molecule has 3 heterocycles. The van der Waals surface area contributed by atoms with Crippen LogP contribution in [0, 0.1) is 24.7 Å². The van der Waals surface area contributed by atoms with E-state index in [1.165, 1.54) is 40.4 Å². The zero-order valence-electron chi connectivity index (χ0n) is 17.2. The van der Waals surface area contributed by atoms with Crippen LogP contribution >= 0.6 is 34.4 Å². The molecule has 0 unspecified atom stereocenters. The maximum absolute atomic E-state index is 13.0. The number of thiazole rings is 1. The van der Waals surface area contributed by atoms with Crippen LogP contribution in [0.25, 0.3) is 0 Å². The number of rotatable bonds is 4. The highest BCUT2D eigenvalue weighted by Gasteiger charge is 2.55. The number of hydrogen-bond acceptors (Lipinski definition) is 5. The zero-order valence-corrected chi connectivity index (χ0v) is 19.7. The van der Waals surface area contributed by atoms with Crippen molar-refractivity contribution in [2.24, 2.45) is 17.8 Å². The number of thiophene rings is 1. The van der Waals surface area contributed by atoms with Gasteiger partial charge >= 0.3 is 4.87 Å². The second-order valence-electron chi connectivity index (χ2n) is 9.02. The molecule has 1 aromatic carbocycles. The number of fused-ring (bicyclic) bond motifs is 6. The summed E-state index contributed by atoms with van der Waals surface area (Å²) in [5.74, 6) is 2.33. The fourth-order valence-electron chi connectivity index (χ4n) is 5.85. The first-order chi connectivity index (χ1) is 15.1. The summed E-state index contributed by atoms with van der Waals surface area (Å²) in [6.45, 7) is 2.10. The van der Waals surface area contributed by atoms with Crippen LogP contribution in [0.2, 0.25) is 0 Å². The first-order valence-corrected chi connectivity index (χ1v) is 13.5. The van der Waals surface area contributed by atoms with E-state index in [1.807, 2.05) is 54.3 Å². The Labute approximate surface area is 193 Å². The third-order valence-electron chi connectivity index (χ3n) is 7.18. The Kier molecular flexibility index (Phi) is 4.89. The quantitative estimate of drug-likeness (QED) is 0.545. The highest BCUT2D eigenvalue weighted by Crippen LogP contribution is 2.64. The second-order valence-corrected chi connectivity index (χ2v) is 12.2. The molecule has 2 bridgehead atoms. The van der Waals surface area contributed by atoms with E-state index < -0.39 is 0 Å². The van der Waals surface area contributed by atoms with Crippen LogP contribution in [0.5, 0.6) is 0 Å². The van der Waals surface area contributed by atoms with Crippen molar-refractivity contribution in [3.63, 3.8) is 0 Å². The summed E-state index contributed by atoms with van der Waals surface area (Å²) in [7, 11) is 0. The van der Waals surface area contributed by atoms with Gasteiger partial charge in [0.25, 0.3) is 0 Å². The van der Waals surface area contributed by atoms with E-state index in [9.17, 15) is 9.59 Å². The number of thioether (sulfide) groups is 1. The smallest absolute Gasteiger partial charge is 0.308 e. The number of amides is 1. The SMILES string of the molecule is Cc1ccc(NC(=O)Cn2c3c(sc2=O)[C@H](c2cccs2)[C@@H]2[C@@H]4CC[C@@H](C4)[C@@H]2S3)cc1. The number of aromatic nitrogens is 1. The normalized spacial score (nSPS) is 28.4. The molecular weight excluding hydrogens is 444 g/mol. The summed E-state index contributed by atoms with van der Waals surface area (Å²) >= 11 is 5.06. The molecule has 3 aliphatic rings. The van der Waals surface area contributed by atoms with Crippen molar-refractivity contribution in [1.82, 2.24) is 4.57 Å². The minimum Gasteiger partial charge on any atom is -0.325 e. The summed E-state index contributed by atoms with van der Waals surface area (Å²) in [6.07, 6.45) is 3.98. The van der Waals surface area contributed by atoms with Gasteiger partial charge in [-0.2, -0.15) is 0 Å². The Morgan fingerprint density at radius 3 is 2.74 bits per heavy atom. The number of carbonyl (C=O) groups excluding carboxylic acids is 1. The second kappa shape index (κ2) is 7.64. The maximum Gasteiger partial charge on any atom is 0.308 e. The molecule has 0 radical (unpaired) electrons. The van der Waals surface area contributed by atoms with Crippen molar-refractivity contribution >= 4 is 46.0 Å². The van der Waals surface area contributed by atoms with E-state index in [0.717, 1.165) is 28.1 Å². The standard InChI is InChI=1S/C24H24N2O2S3/c1-13-4-8-16(9-5-13)25-18(27)12-26-23-22(31-24(26)28)20(17-3-2-10-29-17)19-14-6-7-15(11-14)21(19)30-23/h2-5,8-10,14-15,19-21H,6-7,11-12H2,1H3,(H,25,27)/t14-,15+,19+,20-,21+/m1/s1. The Morgan fingerprint density at radius 2 is 1.97 bits per heavy atom. The Morgan fingerprint density at radius 1 is 1.16 bits per heavy atom. The van der Waals surface area contributed by atoms with Crippen molar-refractivity contribution in [3.05, 3.63) is 66.8 Å². The summed E-state index contributed by atoms with van der Waals surface area (Å²) in [6, 6.07) is 12.1. The lowest BCUT2D eigenvalue weighted by atomic mass is 9.77. The van der Waals surface area contributed by atoms with Crippen LogP contribution in [0.1, 0.15) is 40.5 Å². The van der Waals surface area contributed by atoms with Crippen LogP contribution in [0.3, 0.4) is 0 Å². The van der Waals surface area contributed by atoms with Crippen LogP contribution in [-0.2, 0) is 11.3 Å². The van der Waals surface area contributed by atoms with Gasteiger partial charge in [0.05, 0.1) is 5.03 Å². The summed E-state index contributed by atoms with van der Waals surface area (Å²) < 4.78 is 1.73. The highest BCUT2D eigenvalue weighted by molar-refractivity contribution is 8.00. The van der Waals surface area contributed by atoms with Crippen molar-refractivity contribution in [3.8, 4) is 0 Å². The van der Waals surface area contributed by atoms with E-state index in [2.05, 4.69) is 22.8 Å². The molecule has 2 aromatic heterocycles. The molecule has 160 valence electrons. The van der Waals surface area contributed by atoms with Gasteiger partial charge in [-0.05, 0) is 67.5 Å². The fourth-order valence-corrected chi connectivity index (χ4v) is 9.96. The number of anilines is 1. The first-order valence-electron chi connectivity index (χ1n) is 10.9. The molecule has 2 saturated carbocycles. The monoisotopic (exact) mass is 468 g/mol. The minimum atomic E-state index is -0.144. The number of aryl methyl sites for hydroxylation is 1. The molecule has 6 rings (SSSR count). The Bertz CT molecular complexity index is 1180. The van der Waals surface area contributed by atoms with Gasteiger partial charge in [0, 0.05) is 26.6 Å². The third-order valence-corrected chi connectivity index (χ3v) is 11.0. The molecule has 0 saturated heterocycles. The van der Waals surface area contributed by atoms with Gasteiger partial charge in [0.15, 0.2) is 0 Å². The van der Waals surface area contributed by atoms with Gasteiger partial charge in [0.1, 0.15) is 6.54 Å². The lowest BCUT2D eigenvalue weighted by Crippen LogP contribution is -2.34. The third kappa shape index (κ3) is 3.33. The van der Waals surface area contributed by atoms with Crippen molar-refractivity contribution in [1.29, 1.82) is 0 Å². The van der Waals surface area contributed by atoms with Gasteiger partial charge in [-0.3, -0.25) is 14.2 Å². The number of carbonyl (C=O) groups is 1. The van der Waals surface area contributed by atoms with E-state index >= 15 is 0 Å². The molecule has 1 aliphatic heterocycles. The summed E-state index contributed by atoms with van der Waals surface area (Å²) in [5.41, 5.74) is 1.92. The van der Waals surface area contributed by atoms with Crippen LogP contribution in [0.15, 0.2) is 51.6 Å². The van der Waals surface area contributed by atoms with E-state index in [1.54, 1.807) is 4.57 Å². The molecular formula is C24H24N2O2S3. The maximum atomic E-state index is 13.0. The van der Waals surface area contributed by atoms with Gasteiger partial charge in [0.2, 0.25) is 5.91 Å². The molecule has 31 heavy (non-hydrogen) atoms. The van der Waals surface area contributed by atoms with Crippen LogP contribution in [0.4, 0.5) is 5.69 Å². The first kappa shape index (κ1) is 19.8. The van der Waals surface area contributed by atoms with Crippen molar-refractivity contribution < 1.29 is 4.79 Å². The molecule has 0 spiro atoms. The highest BCUT2D eigenvalue weighted by atomic mass is 32.2. The average Bonchev–Trinajstić information content (AvgIpc) is 3.54. The van der Waals surface area contributed by atoms with Gasteiger partial charge < -0.3 is 5.32 Å². The zero-order chi connectivity index (χ0) is 21.1. The largest absolute Gasteiger partial charge is 0.325 e. The molecule has 7 heteroatoms. The number of nitrogens with one attached hydrogen (secondary N) is 1. The lowest BCUT2D eigenvalue weighted by molar-refractivity contribution is -0.116. The minimum absolute atomic E-state index is 0.00886. The molecule has 5 atom stereocenters. The topological polar surface area (TPSA) is 51.1 Å². The van der Waals surface area contributed by atoms with E-state index in [4.69, 9.17) is 0 Å². The Balaban J connectivity index is 1.34. The molecule has 2 aliphatic carbocycles. The van der Waals surface area contributed by atoms with Gasteiger partial charge in [-0.25, -0.2) is 0 Å². The van der Waals surface area contributed by atoms with Crippen LogP contribution in [-0.4, -0.2) is 15.7 Å². The summed E-state index contributed by atoms with van der Waals surface area (Å²) in [5, 5.41) is 6.71. The lowest BCUT2D eigenvalue weighted by Gasteiger charge is -2.40. The average molecular weight is 469 g/mol. The molecule has 2 fully saturated rings. The van der Waals surface area contributed by atoms with Gasteiger partial charge in [-0.1, -0.05) is 35.1 Å². The van der Waals surface area contributed by atoms with E-state index in [-0.39, 0.29) is 17.3 Å². The molecule has 1 N–H and O–H groups in total. The number of benzene rings is 1. The predicted molar refractivity (Wildman–Crippen MR) is 129 cm³/mol. The number of nitrogens with zero attached hydrogens (tertiary/aromatic N) is 1. The molecule has 3 aromatic rings. The predicted octanol–water partition coefficient (Wildman–Crippen LogP) is 5.57. The van der Waals surface area contributed by atoms with Crippen molar-refractivity contribution in [2.45, 2.75) is 48.9 Å². The summed E-state index contributed by atoms with van der Waals surface area (Å²) in [4.78, 5) is 28.4. The van der Waals surface area contributed by atoms with Crippen molar-refractivity contribution in [2.75, 3.05) is 5.32 Å². The van der Waals surface area contributed by atoms with Gasteiger partial charge in [-0.15, -0.1) is 23.1 Å². The number of hydrogen-bond donors (Lipinski definition) is 1. The molecule has 1 amide bonds. The fraction of sp³-hybridized carbons (Fsp3) is 0.417. The van der Waals surface area contributed by atoms with Crippen LogP contribution < -0.4 is 10.2 Å². The molecule has 4 nitrogen and oxygen atoms in total. The Hall–Kier alpha value is -1.83.